The number of anilines is 1. The number of hydrazone groups is 1. The van der Waals surface area contributed by atoms with Crippen molar-refractivity contribution < 1.29 is 19.4 Å². The quantitative estimate of drug-likeness (QED) is 0.346. The molecule has 2 aromatic carbocycles. The Morgan fingerprint density at radius 3 is 2.33 bits per heavy atom. The van der Waals surface area contributed by atoms with E-state index < -0.39 is 11.7 Å². The van der Waals surface area contributed by atoms with E-state index in [-0.39, 0.29) is 5.03 Å². The highest BCUT2D eigenvalue weighted by molar-refractivity contribution is 6.41. The third kappa shape index (κ3) is 5.03. The van der Waals surface area contributed by atoms with Crippen molar-refractivity contribution in [1.82, 2.24) is 0 Å². The monoisotopic (exact) mass is 346 g/mol. The Bertz CT molecular complexity index is 743. The van der Waals surface area contributed by atoms with Gasteiger partial charge in [-0.15, -0.1) is 0 Å². The number of hydrogen-bond acceptors (Lipinski definition) is 5. The first-order valence-electron chi connectivity index (χ1n) is 6.89. The van der Waals surface area contributed by atoms with Gasteiger partial charge in [0.05, 0.1) is 19.0 Å². The molecule has 0 unspecified atom stereocenters. The number of benzene rings is 2. The largest absolute Gasteiger partial charge is 0.497 e. The molecule has 124 valence electrons. The zero-order valence-corrected chi connectivity index (χ0v) is 13.5. The number of allylic oxidation sites excluding steroid dienone is 1. The number of aliphatic carboxylic acids is 1. The zero-order valence-electron chi connectivity index (χ0n) is 12.8. The molecule has 0 amide bonds. The molecule has 24 heavy (non-hydrogen) atoms. The average molecular weight is 347 g/mol. The maximum Gasteiger partial charge on any atom is 0.373 e. The van der Waals surface area contributed by atoms with Crippen molar-refractivity contribution in [2.75, 3.05) is 12.5 Å². The lowest BCUT2D eigenvalue weighted by Gasteiger charge is -2.08. The van der Waals surface area contributed by atoms with E-state index >= 15 is 0 Å². The van der Waals surface area contributed by atoms with Gasteiger partial charge >= 0.3 is 5.97 Å². The first kappa shape index (κ1) is 17.4. The van der Waals surface area contributed by atoms with Gasteiger partial charge in [0.1, 0.15) is 16.5 Å². The van der Waals surface area contributed by atoms with Crippen LogP contribution in [0.3, 0.4) is 0 Å². The Hall–Kier alpha value is -2.99. The van der Waals surface area contributed by atoms with Gasteiger partial charge in [-0.3, -0.25) is 5.43 Å². The fourth-order valence-electron chi connectivity index (χ4n) is 1.69. The lowest BCUT2D eigenvalue weighted by atomic mass is 10.3. The van der Waals surface area contributed by atoms with Gasteiger partial charge in [0.2, 0.25) is 5.76 Å². The summed E-state index contributed by atoms with van der Waals surface area (Å²) in [6, 6.07) is 15.6. The van der Waals surface area contributed by atoms with Gasteiger partial charge in [-0.25, -0.2) is 4.79 Å². The van der Waals surface area contributed by atoms with Crippen molar-refractivity contribution in [3.05, 3.63) is 65.4 Å². The molecule has 0 heterocycles. The number of halogens is 1. The van der Waals surface area contributed by atoms with Crippen LogP contribution in [0.5, 0.6) is 11.5 Å². The van der Waals surface area contributed by atoms with E-state index in [2.05, 4.69) is 10.5 Å². The highest BCUT2D eigenvalue weighted by Gasteiger charge is 2.15. The van der Waals surface area contributed by atoms with Crippen LogP contribution in [0.1, 0.15) is 0 Å². The predicted octanol–water partition coefficient (Wildman–Crippen LogP) is 3.71. The van der Waals surface area contributed by atoms with E-state index in [1.165, 1.54) is 13.3 Å². The van der Waals surface area contributed by atoms with Gasteiger partial charge in [-0.2, -0.15) is 5.10 Å². The second-order valence-corrected chi connectivity index (χ2v) is 4.90. The molecule has 0 saturated carbocycles. The van der Waals surface area contributed by atoms with E-state index in [4.69, 9.17) is 21.1 Å². The summed E-state index contributed by atoms with van der Waals surface area (Å²) in [7, 11) is 1.53. The fraction of sp³-hybridized carbons (Fsp3) is 0.0588. The van der Waals surface area contributed by atoms with E-state index in [0.29, 0.717) is 11.5 Å². The minimum Gasteiger partial charge on any atom is -0.497 e. The number of rotatable bonds is 7. The Kier molecular flexibility index (Phi) is 6.22. The summed E-state index contributed by atoms with van der Waals surface area (Å²) in [6.45, 7) is 0. The maximum absolute atomic E-state index is 11.3. The van der Waals surface area contributed by atoms with Crippen molar-refractivity contribution in [3.63, 3.8) is 0 Å². The number of para-hydroxylation sites is 1. The zero-order chi connectivity index (χ0) is 17.4. The van der Waals surface area contributed by atoms with Crippen LogP contribution in [0.25, 0.3) is 0 Å². The predicted molar refractivity (Wildman–Crippen MR) is 92.7 cm³/mol. The van der Waals surface area contributed by atoms with Gasteiger partial charge in [-0.1, -0.05) is 29.8 Å². The molecule has 2 rings (SSSR count). The summed E-state index contributed by atoms with van der Waals surface area (Å²) >= 11 is 5.98. The topological polar surface area (TPSA) is 80.2 Å². The lowest BCUT2D eigenvalue weighted by molar-refractivity contribution is -0.135. The van der Waals surface area contributed by atoms with Crippen LogP contribution >= 0.6 is 11.6 Å². The highest BCUT2D eigenvalue weighted by Crippen LogP contribution is 2.21. The van der Waals surface area contributed by atoms with Crippen molar-refractivity contribution in [1.29, 1.82) is 0 Å². The van der Waals surface area contributed by atoms with Gasteiger partial charge in [0.25, 0.3) is 0 Å². The van der Waals surface area contributed by atoms with Crippen molar-refractivity contribution in [2.45, 2.75) is 0 Å². The van der Waals surface area contributed by atoms with E-state index in [0.717, 1.165) is 5.69 Å². The number of nitrogens with zero attached hydrogens (tertiary/aromatic N) is 1. The van der Waals surface area contributed by atoms with Crippen LogP contribution in [0.15, 0.2) is 70.5 Å². The standard InChI is InChI=1S/C17H15ClN2O4/c1-23-13-7-9-14(10-8-13)24-16(17(21)22)15(18)11-19-20-12-5-3-2-4-6-12/h2-11,20H,1H3,(H,21,22)/b16-15+,19-11?. The summed E-state index contributed by atoms with van der Waals surface area (Å²) in [4.78, 5) is 11.3. The lowest BCUT2D eigenvalue weighted by Crippen LogP contribution is -2.10. The van der Waals surface area contributed by atoms with Gasteiger partial charge in [-0.05, 0) is 36.4 Å². The fourth-order valence-corrected chi connectivity index (χ4v) is 1.86. The summed E-state index contributed by atoms with van der Waals surface area (Å²) in [5, 5.41) is 13.0. The number of carbonyl (C=O) groups is 1. The molecular weight excluding hydrogens is 332 g/mol. The smallest absolute Gasteiger partial charge is 0.373 e. The number of carboxylic acids is 1. The molecule has 0 spiro atoms. The van der Waals surface area contributed by atoms with Gasteiger partial charge in [0.15, 0.2) is 0 Å². The number of nitrogens with one attached hydrogen (secondary N) is 1. The van der Waals surface area contributed by atoms with E-state index in [1.807, 2.05) is 18.2 Å². The molecular formula is C17H15ClN2O4. The van der Waals surface area contributed by atoms with Gasteiger partial charge in [0, 0.05) is 0 Å². The third-order valence-electron chi connectivity index (χ3n) is 2.84. The molecule has 0 bridgehead atoms. The van der Waals surface area contributed by atoms with E-state index in [1.54, 1.807) is 36.4 Å². The summed E-state index contributed by atoms with van der Waals surface area (Å²) in [6.07, 6.45) is 1.17. The molecule has 0 aliphatic rings. The molecule has 0 aliphatic carbocycles. The number of methoxy groups -OCH3 is 1. The molecule has 6 nitrogen and oxygen atoms in total. The van der Waals surface area contributed by atoms with Crippen molar-refractivity contribution in [3.8, 4) is 11.5 Å². The second-order valence-electron chi connectivity index (χ2n) is 4.50. The molecule has 7 heteroatoms. The summed E-state index contributed by atoms with van der Waals surface area (Å²) in [5.41, 5.74) is 3.48. The highest BCUT2D eigenvalue weighted by atomic mass is 35.5. The summed E-state index contributed by atoms with van der Waals surface area (Å²) in [5.74, 6) is -0.791. The number of carboxylic acid groups (broad SMARTS) is 1. The molecule has 2 N–H and O–H groups in total. The Labute approximate surface area is 144 Å². The average Bonchev–Trinajstić information content (AvgIpc) is 2.60. The maximum atomic E-state index is 11.3. The van der Waals surface area contributed by atoms with Crippen LogP contribution in [0, 0.1) is 0 Å². The van der Waals surface area contributed by atoms with Crippen molar-refractivity contribution in [2.24, 2.45) is 5.10 Å². The molecule has 0 saturated heterocycles. The Morgan fingerprint density at radius 2 is 1.75 bits per heavy atom. The minimum absolute atomic E-state index is 0.151. The SMILES string of the molecule is COc1ccc(O/C(C(=O)O)=C(/Cl)C=NNc2ccccc2)cc1. The van der Waals surface area contributed by atoms with Crippen LogP contribution < -0.4 is 14.9 Å². The van der Waals surface area contributed by atoms with Crippen LogP contribution in [0.2, 0.25) is 0 Å². The molecule has 0 aliphatic heterocycles. The molecule has 2 aromatic rings. The van der Waals surface area contributed by atoms with E-state index in [9.17, 15) is 9.90 Å². The number of ether oxygens (including phenoxy) is 2. The van der Waals surface area contributed by atoms with Crippen LogP contribution in [-0.4, -0.2) is 24.4 Å². The number of hydrogen-bond donors (Lipinski definition) is 2. The summed E-state index contributed by atoms with van der Waals surface area (Å²) < 4.78 is 10.3. The normalized spacial score (nSPS) is 11.8. The molecule has 0 radical (unpaired) electrons. The van der Waals surface area contributed by atoms with Crippen molar-refractivity contribution >= 4 is 29.5 Å². The second kappa shape index (κ2) is 8.59. The Balaban J connectivity index is 2.11. The van der Waals surface area contributed by atoms with Crippen LogP contribution in [0.4, 0.5) is 5.69 Å². The first-order valence-corrected chi connectivity index (χ1v) is 7.27. The third-order valence-corrected chi connectivity index (χ3v) is 3.11. The molecule has 0 fully saturated rings. The minimum atomic E-state index is -1.30. The van der Waals surface area contributed by atoms with Gasteiger partial charge < -0.3 is 14.6 Å². The first-order chi connectivity index (χ1) is 11.6. The molecule has 0 atom stereocenters. The molecule has 0 aromatic heterocycles. The Morgan fingerprint density at radius 1 is 1.12 bits per heavy atom. The van der Waals surface area contributed by atoms with Crippen LogP contribution in [-0.2, 0) is 4.79 Å².